The zero-order valence-corrected chi connectivity index (χ0v) is 28.8. The molecule has 3 heterocycles. The summed E-state index contributed by atoms with van der Waals surface area (Å²) in [5.74, 6) is -0.141. The summed E-state index contributed by atoms with van der Waals surface area (Å²) in [7, 11) is 0. The molecule has 2 fully saturated rings. The molecule has 0 spiro atoms. The minimum Gasteiger partial charge on any atom is -0.465 e. The Morgan fingerprint density at radius 1 is 0.902 bits per heavy atom. The van der Waals surface area contributed by atoms with Crippen LogP contribution in [0.15, 0.2) is 66.7 Å². The van der Waals surface area contributed by atoms with Crippen molar-refractivity contribution in [2.75, 3.05) is 33.0 Å². The minimum absolute atomic E-state index is 0.163. The van der Waals surface area contributed by atoms with Gasteiger partial charge in [0.05, 0.1) is 56.2 Å². The zero-order valence-electron chi connectivity index (χ0n) is 28.8. The molecular weight excluding hydrogens is 656 g/mol. The van der Waals surface area contributed by atoms with Gasteiger partial charge in [-0.1, -0.05) is 61.0 Å². The van der Waals surface area contributed by atoms with Crippen LogP contribution >= 0.6 is 0 Å². The molecule has 268 valence electrons. The van der Waals surface area contributed by atoms with E-state index >= 15 is 0 Å². The van der Waals surface area contributed by atoms with E-state index in [9.17, 15) is 9.59 Å². The number of aromatic amines is 1. The van der Waals surface area contributed by atoms with Gasteiger partial charge >= 0.3 is 12.1 Å². The molecule has 0 bridgehead atoms. The van der Waals surface area contributed by atoms with Gasteiger partial charge in [-0.25, -0.2) is 9.59 Å². The van der Waals surface area contributed by atoms with Crippen molar-refractivity contribution < 1.29 is 38.0 Å². The fraction of sp³-hybridized carbons (Fsp3) is 0.405. The predicted octanol–water partition coefficient (Wildman–Crippen LogP) is 6.35. The monoisotopic (exact) mass is 698 g/mol. The fourth-order valence-electron chi connectivity index (χ4n) is 6.05. The van der Waals surface area contributed by atoms with Crippen LogP contribution < -0.4 is 4.74 Å². The van der Waals surface area contributed by atoms with Crippen LogP contribution in [0, 0.1) is 0 Å². The average Bonchev–Trinajstić information content (AvgIpc) is 3.82. The van der Waals surface area contributed by atoms with Crippen LogP contribution in [-0.4, -0.2) is 87.7 Å². The molecule has 1 saturated carbocycles. The number of hydrogen-bond acceptors (Lipinski definition) is 12. The van der Waals surface area contributed by atoms with Crippen molar-refractivity contribution in [1.82, 2.24) is 30.2 Å². The Hall–Kier alpha value is -5.34. The molecule has 1 saturated heterocycles. The number of ether oxygens (including phenoxy) is 6. The second-order valence-corrected chi connectivity index (χ2v) is 12.0. The molecule has 5 aromatic rings. The number of imidazole rings is 1. The Morgan fingerprint density at radius 3 is 2.29 bits per heavy atom. The highest BCUT2D eigenvalue weighted by Gasteiger charge is 2.25. The van der Waals surface area contributed by atoms with Crippen LogP contribution in [0.4, 0.5) is 4.79 Å². The summed E-state index contributed by atoms with van der Waals surface area (Å²) in [5, 5.41) is 14.5. The maximum atomic E-state index is 13.4. The SMILES string of the molecule is C1COCCO1.CCOc1nc2cccc(C(=O)OC(C)OC(=O)OC3CCCCC3)c2n1Cc1ccc(-c2ccccc2-c2nn[nH]n2)cc1. The number of esters is 1. The number of fused-ring (bicyclic) bond motifs is 1. The van der Waals surface area contributed by atoms with E-state index in [0.717, 1.165) is 80.8 Å². The van der Waals surface area contributed by atoms with E-state index in [2.05, 4.69) is 25.6 Å². The number of nitrogens with zero attached hydrogens (tertiary/aromatic N) is 5. The molecule has 0 amide bonds. The maximum absolute atomic E-state index is 13.4. The van der Waals surface area contributed by atoms with E-state index < -0.39 is 18.4 Å². The molecule has 1 N–H and O–H groups in total. The first-order valence-corrected chi connectivity index (χ1v) is 17.3. The van der Waals surface area contributed by atoms with E-state index in [1.807, 2.05) is 66.1 Å². The molecule has 3 aromatic carbocycles. The summed E-state index contributed by atoms with van der Waals surface area (Å²) >= 11 is 0. The molecule has 1 aliphatic heterocycles. The van der Waals surface area contributed by atoms with Crippen molar-refractivity contribution in [3.63, 3.8) is 0 Å². The third kappa shape index (κ3) is 9.27. The first-order valence-electron chi connectivity index (χ1n) is 17.3. The van der Waals surface area contributed by atoms with Crippen LogP contribution in [-0.2, 0) is 30.2 Å². The molecular formula is C37H42N6O8. The van der Waals surface area contributed by atoms with E-state index in [-0.39, 0.29) is 11.7 Å². The van der Waals surface area contributed by atoms with Gasteiger partial charge in [0.1, 0.15) is 6.10 Å². The highest BCUT2D eigenvalue weighted by Crippen LogP contribution is 2.31. The Labute approximate surface area is 295 Å². The molecule has 2 aliphatic rings. The average molecular weight is 699 g/mol. The number of aromatic nitrogens is 6. The first-order chi connectivity index (χ1) is 25.0. The van der Waals surface area contributed by atoms with Crippen molar-refractivity contribution >= 4 is 23.2 Å². The van der Waals surface area contributed by atoms with Crippen molar-refractivity contribution in [2.45, 2.75) is 64.9 Å². The maximum Gasteiger partial charge on any atom is 0.511 e. The quantitative estimate of drug-likeness (QED) is 0.127. The van der Waals surface area contributed by atoms with E-state index in [1.165, 1.54) is 6.92 Å². The van der Waals surface area contributed by atoms with E-state index in [1.54, 1.807) is 12.1 Å². The Balaban J connectivity index is 0.000000677. The lowest BCUT2D eigenvalue weighted by Crippen LogP contribution is -2.26. The van der Waals surface area contributed by atoms with Crippen molar-refractivity contribution in [2.24, 2.45) is 0 Å². The van der Waals surface area contributed by atoms with Gasteiger partial charge in [0, 0.05) is 12.5 Å². The summed E-state index contributed by atoms with van der Waals surface area (Å²) in [4.78, 5) is 30.3. The standard InChI is InChI=1S/C33H34N6O6.C4H8O2/c1-3-42-32-34-28-15-9-14-27(31(40)43-21(2)44-33(41)45-24-10-5-4-6-11-24)29(28)39(32)20-22-16-18-23(19-17-22)25-12-7-8-13-26(25)30-35-37-38-36-30;1-2-6-4-3-5-1/h7-9,12-19,21,24H,3-6,10-11,20H2,1-2H3,(H,35,36,37,38);1-4H2. The molecule has 14 nitrogen and oxygen atoms in total. The lowest BCUT2D eigenvalue weighted by atomic mass is 9.98. The van der Waals surface area contributed by atoms with Gasteiger partial charge < -0.3 is 28.4 Å². The number of rotatable bonds is 10. The van der Waals surface area contributed by atoms with Gasteiger partial charge in [-0.3, -0.25) is 4.57 Å². The lowest BCUT2D eigenvalue weighted by molar-refractivity contribution is -0.0914. The molecule has 1 aliphatic carbocycles. The number of nitrogens with one attached hydrogen (secondary N) is 1. The number of H-pyrrole nitrogens is 1. The number of benzene rings is 3. The van der Waals surface area contributed by atoms with Gasteiger partial charge in [0.2, 0.25) is 12.1 Å². The van der Waals surface area contributed by atoms with Crippen LogP contribution in [0.2, 0.25) is 0 Å². The van der Waals surface area contributed by atoms with Gasteiger partial charge in [-0.2, -0.15) is 10.2 Å². The van der Waals surface area contributed by atoms with Crippen LogP contribution in [0.3, 0.4) is 0 Å². The Bertz CT molecular complexity index is 1860. The topological polar surface area (TPSA) is 162 Å². The number of hydrogen-bond donors (Lipinski definition) is 1. The summed E-state index contributed by atoms with van der Waals surface area (Å²) in [6.07, 6.45) is 2.65. The Morgan fingerprint density at radius 2 is 1.63 bits per heavy atom. The second kappa shape index (κ2) is 17.5. The van der Waals surface area contributed by atoms with Gasteiger partial charge in [0.25, 0.3) is 6.01 Å². The van der Waals surface area contributed by atoms with Gasteiger partial charge in [-0.15, -0.1) is 10.2 Å². The minimum atomic E-state index is -1.14. The summed E-state index contributed by atoms with van der Waals surface area (Å²) in [6, 6.07) is 21.5. The largest absolute Gasteiger partial charge is 0.511 e. The van der Waals surface area contributed by atoms with E-state index in [0.29, 0.717) is 36.0 Å². The number of tetrazole rings is 1. The number of carbonyl (C=O) groups is 2. The van der Waals surface area contributed by atoms with Crippen LogP contribution in [0.1, 0.15) is 61.9 Å². The third-order valence-corrected chi connectivity index (χ3v) is 8.44. The smallest absolute Gasteiger partial charge is 0.465 e. The van der Waals surface area contributed by atoms with Crippen molar-refractivity contribution in [3.05, 3.63) is 77.9 Å². The molecule has 1 atom stereocenters. The lowest BCUT2D eigenvalue weighted by Gasteiger charge is -2.22. The van der Waals surface area contributed by atoms with E-state index in [4.69, 9.17) is 28.4 Å². The van der Waals surface area contributed by atoms with Crippen LogP contribution in [0.5, 0.6) is 6.01 Å². The predicted molar refractivity (Wildman–Crippen MR) is 186 cm³/mol. The second-order valence-electron chi connectivity index (χ2n) is 12.0. The molecule has 14 heteroatoms. The first kappa shape index (κ1) is 35.5. The highest BCUT2D eigenvalue weighted by atomic mass is 16.8. The zero-order chi connectivity index (χ0) is 35.4. The molecule has 51 heavy (non-hydrogen) atoms. The number of carbonyl (C=O) groups excluding carboxylic acids is 2. The molecule has 0 radical (unpaired) electrons. The van der Waals surface area contributed by atoms with Crippen molar-refractivity contribution in [3.8, 4) is 28.5 Å². The number of para-hydroxylation sites is 1. The Kier molecular flexibility index (Phi) is 12.2. The molecule has 2 aromatic heterocycles. The summed E-state index contributed by atoms with van der Waals surface area (Å²) < 4.78 is 33.8. The van der Waals surface area contributed by atoms with Gasteiger partial charge in [-0.05, 0) is 66.6 Å². The third-order valence-electron chi connectivity index (χ3n) is 8.44. The summed E-state index contributed by atoms with van der Waals surface area (Å²) in [5.41, 5.74) is 5.17. The normalized spacial score (nSPS) is 15.3. The molecule has 1 unspecified atom stereocenters. The van der Waals surface area contributed by atoms with Crippen molar-refractivity contribution in [1.29, 1.82) is 0 Å². The highest BCUT2D eigenvalue weighted by molar-refractivity contribution is 6.02. The van der Waals surface area contributed by atoms with Crippen LogP contribution in [0.25, 0.3) is 33.5 Å². The summed E-state index contributed by atoms with van der Waals surface area (Å²) in [6.45, 7) is 7.24. The van der Waals surface area contributed by atoms with Gasteiger partial charge in [0.15, 0.2) is 0 Å². The molecule has 7 rings (SSSR count). The fourth-order valence-corrected chi connectivity index (χ4v) is 6.05.